The molecule has 0 fully saturated rings. The van der Waals surface area contributed by atoms with Gasteiger partial charge >= 0.3 is 0 Å². The molecule has 0 saturated heterocycles. The number of thioether (sulfide) groups is 1. The average molecular weight is 299 g/mol. The normalized spacial score (nSPS) is 12.4. The Morgan fingerprint density at radius 1 is 1.47 bits per heavy atom. The molecule has 0 aliphatic carbocycles. The number of halogens is 1. The minimum absolute atomic E-state index is 0.225. The third kappa shape index (κ3) is 3.65. The highest BCUT2D eigenvalue weighted by atomic mass is 32.2. The summed E-state index contributed by atoms with van der Waals surface area (Å²) < 4.78 is 19.3. The maximum Gasteiger partial charge on any atom is 0.174 e. The molecule has 2 aromatic rings. The number of nitrogens with zero attached hydrogens (tertiary/aromatic N) is 2. The van der Waals surface area contributed by atoms with E-state index < -0.39 is 5.82 Å². The average Bonchev–Trinajstić information content (AvgIpc) is 2.81. The highest BCUT2D eigenvalue weighted by molar-refractivity contribution is 8.01. The fourth-order valence-corrected chi connectivity index (χ4v) is 3.34. The van der Waals surface area contributed by atoms with Crippen molar-refractivity contribution in [3.05, 3.63) is 34.6 Å². The summed E-state index contributed by atoms with van der Waals surface area (Å²) in [5.41, 5.74) is 6.78. The highest BCUT2D eigenvalue weighted by Crippen LogP contribution is 2.27. The molecule has 0 bridgehead atoms. The van der Waals surface area contributed by atoms with E-state index in [1.165, 1.54) is 36.3 Å². The minimum atomic E-state index is -0.396. The number of benzene rings is 1. The van der Waals surface area contributed by atoms with Gasteiger partial charge in [-0.1, -0.05) is 29.2 Å². The van der Waals surface area contributed by atoms with Gasteiger partial charge in [-0.05, 0) is 24.6 Å². The van der Waals surface area contributed by atoms with Gasteiger partial charge in [0.25, 0.3) is 0 Å². The van der Waals surface area contributed by atoms with Crippen LogP contribution in [0.3, 0.4) is 0 Å². The first-order valence-electron chi connectivity index (χ1n) is 5.62. The van der Waals surface area contributed by atoms with Gasteiger partial charge in [0.15, 0.2) is 15.9 Å². The van der Waals surface area contributed by atoms with E-state index in [-0.39, 0.29) is 11.8 Å². The Hall–Kier alpha value is -1.18. The first-order valence-corrected chi connectivity index (χ1v) is 7.42. The Balaban J connectivity index is 1.99. The van der Waals surface area contributed by atoms with E-state index in [1.54, 1.807) is 12.1 Å². The number of ether oxygens (including phenoxy) is 1. The van der Waals surface area contributed by atoms with Crippen LogP contribution in [0.4, 0.5) is 4.39 Å². The topological polar surface area (TPSA) is 61.0 Å². The summed E-state index contributed by atoms with van der Waals surface area (Å²) >= 11 is 3.05. The van der Waals surface area contributed by atoms with Gasteiger partial charge in [0.05, 0.1) is 7.11 Å². The largest absolute Gasteiger partial charge is 0.494 e. The second-order valence-corrected chi connectivity index (χ2v) is 6.35. The predicted octanol–water partition coefficient (Wildman–Crippen LogP) is 2.79. The lowest BCUT2D eigenvalue weighted by molar-refractivity contribution is 0.386. The molecule has 0 spiro atoms. The molecule has 0 amide bonds. The zero-order chi connectivity index (χ0) is 13.8. The molecule has 1 heterocycles. The molecular weight excluding hydrogens is 285 g/mol. The Kier molecular flexibility index (Phi) is 4.73. The molecule has 1 aromatic carbocycles. The number of aromatic nitrogens is 2. The van der Waals surface area contributed by atoms with Crippen molar-refractivity contribution in [3.63, 3.8) is 0 Å². The van der Waals surface area contributed by atoms with Crippen molar-refractivity contribution in [2.75, 3.05) is 12.9 Å². The molecule has 2 N–H and O–H groups in total. The van der Waals surface area contributed by atoms with E-state index in [1.807, 2.05) is 6.92 Å². The first-order chi connectivity index (χ1) is 9.10. The molecule has 4 nitrogen and oxygen atoms in total. The standard InChI is InChI=1S/C12H14FN3OS2/c1-7-15-16-12(19-7)18-6-10(14)8-3-4-11(17-2)9(13)5-8/h3-5,10H,6,14H2,1-2H3. The molecule has 102 valence electrons. The zero-order valence-corrected chi connectivity index (χ0v) is 12.2. The maximum absolute atomic E-state index is 13.6. The van der Waals surface area contributed by atoms with Gasteiger partial charge in [0.2, 0.25) is 0 Å². The van der Waals surface area contributed by atoms with Crippen LogP contribution >= 0.6 is 23.1 Å². The second kappa shape index (κ2) is 6.31. The lowest BCUT2D eigenvalue weighted by atomic mass is 10.1. The van der Waals surface area contributed by atoms with Crippen molar-refractivity contribution < 1.29 is 9.13 Å². The summed E-state index contributed by atoms with van der Waals surface area (Å²) in [4.78, 5) is 0. The Labute approximate surface area is 119 Å². The molecule has 1 unspecified atom stereocenters. The summed E-state index contributed by atoms with van der Waals surface area (Å²) in [6.45, 7) is 1.90. The van der Waals surface area contributed by atoms with Crippen molar-refractivity contribution in [2.24, 2.45) is 5.73 Å². The number of hydrogen-bond donors (Lipinski definition) is 1. The summed E-state index contributed by atoms with van der Waals surface area (Å²) in [6.07, 6.45) is 0. The molecule has 0 saturated carbocycles. The quantitative estimate of drug-likeness (QED) is 0.860. The highest BCUT2D eigenvalue weighted by Gasteiger charge is 2.12. The number of rotatable bonds is 5. The van der Waals surface area contributed by atoms with Crippen molar-refractivity contribution in [3.8, 4) is 5.75 Å². The molecule has 1 atom stereocenters. The van der Waals surface area contributed by atoms with Crippen molar-refractivity contribution >= 4 is 23.1 Å². The molecule has 1 aromatic heterocycles. The van der Waals surface area contributed by atoms with Crippen LogP contribution in [0, 0.1) is 12.7 Å². The van der Waals surface area contributed by atoms with E-state index in [9.17, 15) is 4.39 Å². The van der Waals surface area contributed by atoms with Gasteiger partial charge in [-0.15, -0.1) is 10.2 Å². The minimum Gasteiger partial charge on any atom is -0.494 e. The predicted molar refractivity (Wildman–Crippen MR) is 75.3 cm³/mol. The van der Waals surface area contributed by atoms with E-state index in [4.69, 9.17) is 10.5 Å². The van der Waals surface area contributed by atoms with Crippen LogP contribution in [-0.2, 0) is 0 Å². The fourth-order valence-electron chi connectivity index (χ4n) is 1.51. The second-order valence-electron chi connectivity index (χ2n) is 3.90. The number of methoxy groups -OCH3 is 1. The molecule has 19 heavy (non-hydrogen) atoms. The third-order valence-corrected chi connectivity index (χ3v) is 4.59. The Bertz CT molecular complexity index is 562. The zero-order valence-electron chi connectivity index (χ0n) is 10.6. The summed E-state index contributed by atoms with van der Waals surface area (Å²) in [5, 5.41) is 8.87. The van der Waals surface area contributed by atoms with Crippen LogP contribution in [-0.4, -0.2) is 23.1 Å². The van der Waals surface area contributed by atoms with E-state index in [2.05, 4.69) is 10.2 Å². The van der Waals surface area contributed by atoms with Crippen LogP contribution < -0.4 is 10.5 Å². The van der Waals surface area contributed by atoms with Gasteiger partial charge in [-0.2, -0.15) is 0 Å². The van der Waals surface area contributed by atoms with Crippen LogP contribution in [0.5, 0.6) is 5.75 Å². The monoisotopic (exact) mass is 299 g/mol. The summed E-state index contributed by atoms with van der Waals surface area (Å²) in [7, 11) is 1.44. The maximum atomic E-state index is 13.6. The molecule has 0 aliphatic heterocycles. The van der Waals surface area contributed by atoms with Gasteiger partial charge in [-0.3, -0.25) is 0 Å². The van der Waals surface area contributed by atoms with Gasteiger partial charge in [0.1, 0.15) is 5.01 Å². The van der Waals surface area contributed by atoms with Crippen LogP contribution in [0.2, 0.25) is 0 Å². The van der Waals surface area contributed by atoms with Gasteiger partial charge in [-0.25, -0.2) is 4.39 Å². The summed E-state index contributed by atoms with van der Waals surface area (Å²) in [6, 6.07) is 4.52. The smallest absolute Gasteiger partial charge is 0.174 e. The Morgan fingerprint density at radius 2 is 2.26 bits per heavy atom. The van der Waals surface area contributed by atoms with E-state index >= 15 is 0 Å². The summed E-state index contributed by atoms with van der Waals surface area (Å²) in [5.74, 6) is 0.455. The SMILES string of the molecule is COc1ccc(C(N)CSc2nnc(C)s2)cc1F. The molecular formula is C12H14FN3OS2. The third-order valence-electron chi connectivity index (χ3n) is 2.50. The molecule has 2 rings (SSSR count). The number of nitrogens with two attached hydrogens (primary N) is 1. The van der Waals surface area contributed by atoms with Crippen LogP contribution in [0.25, 0.3) is 0 Å². The number of aryl methyl sites for hydroxylation is 1. The van der Waals surface area contributed by atoms with E-state index in [0.29, 0.717) is 5.75 Å². The van der Waals surface area contributed by atoms with Crippen molar-refractivity contribution in [1.29, 1.82) is 0 Å². The van der Waals surface area contributed by atoms with Crippen LogP contribution in [0.15, 0.2) is 22.5 Å². The van der Waals surface area contributed by atoms with Crippen LogP contribution in [0.1, 0.15) is 16.6 Å². The van der Waals surface area contributed by atoms with Crippen molar-refractivity contribution in [1.82, 2.24) is 10.2 Å². The molecule has 0 radical (unpaired) electrons. The Morgan fingerprint density at radius 3 is 2.84 bits per heavy atom. The first kappa shape index (κ1) is 14.2. The lowest BCUT2D eigenvalue weighted by Crippen LogP contribution is -2.13. The van der Waals surface area contributed by atoms with Crippen molar-refractivity contribution in [2.45, 2.75) is 17.3 Å². The van der Waals surface area contributed by atoms with Gasteiger partial charge in [0, 0.05) is 11.8 Å². The lowest BCUT2D eigenvalue weighted by Gasteiger charge is -2.11. The van der Waals surface area contributed by atoms with Gasteiger partial charge < -0.3 is 10.5 Å². The number of hydrogen-bond acceptors (Lipinski definition) is 6. The molecule has 0 aliphatic rings. The van der Waals surface area contributed by atoms with E-state index in [0.717, 1.165) is 14.9 Å². The molecule has 7 heteroatoms. The fraction of sp³-hybridized carbons (Fsp3) is 0.333.